The van der Waals surface area contributed by atoms with E-state index in [4.69, 9.17) is 11.6 Å². The van der Waals surface area contributed by atoms with Crippen molar-refractivity contribution in [3.63, 3.8) is 0 Å². The fourth-order valence-electron chi connectivity index (χ4n) is 2.86. The molecule has 5 heteroatoms. The highest BCUT2D eigenvalue weighted by molar-refractivity contribution is 6.31. The summed E-state index contributed by atoms with van der Waals surface area (Å²) in [6.45, 7) is 2.78. The van der Waals surface area contributed by atoms with Crippen molar-refractivity contribution in [2.24, 2.45) is 0 Å². The Morgan fingerprint density at radius 1 is 1.17 bits per heavy atom. The number of carbonyl (C=O) groups excluding carboxylic acids is 1. The summed E-state index contributed by atoms with van der Waals surface area (Å²) in [7, 11) is 0. The van der Waals surface area contributed by atoms with Crippen molar-refractivity contribution in [3.8, 4) is 0 Å². The predicted molar refractivity (Wildman–Crippen MR) is 91.5 cm³/mol. The normalized spacial score (nSPS) is 16.2. The van der Waals surface area contributed by atoms with Crippen LogP contribution in [-0.4, -0.2) is 34.9 Å². The number of likely N-dealkylation sites (tertiary alicyclic amines) is 1. The minimum atomic E-state index is -0.0878. The molecular formula is C18H20ClN3O. The highest BCUT2D eigenvalue weighted by Gasteiger charge is 2.21. The van der Waals surface area contributed by atoms with Crippen LogP contribution in [0.25, 0.3) is 0 Å². The Bertz CT molecular complexity index is 654. The first-order valence-electron chi connectivity index (χ1n) is 7.90. The lowest BCUT2D eigenvalue weighted by Crippen LogP contribution is -2.44. The predicted octanol–water partition coefficient (Wildman–Crippen LogP) is 3.13. The summed E-state index contributed by atoms with van der Waals surface area (Å²) in [5.74, 6) is -0.0878. The number of rotatable bonds is 4. The van der Waals surface area contributed by atoms with Crippen molar-refractivity contribution in [2.45, 2.75) is 25.4 Å². The lowest BCUT2D eigenvalue weighted by atomic mass is 10.0. The van der Waals surface area contributed by atoms with Crippen molar-refractivity contribution >= 4 is 17.5 Å². The van der Waals surface area contributed by atoms with Crippen LogP contribution >= 0.6 is 11.6 Å². The number of benzene rings is 1. The Kier molecular flexibility index (Phi) is 5.26. The molecular weight excluding hydrogens is 310 g/mol. The number of hydrogen-bond acceptors (Lipinski definition) is 3. The number of piperidine rings is 1. The van der Waals surface area contributed by atoms with Gasteiger partial charge in [-0.3, -0.25) is 14.7 Å². The molecule has 1 aromatic heterocycles. The molecule has 0 radical (unpaired) electrons. The topological polar surface area (TPSA) is 45.2 Å². The van der Waals surface area contributed by atoms with Crippen LogP contribution in [0.5, 0.6) is 0 Å². The second kappa shape index (κ2) is 7.57. The molecule has 0 bridgehead atoms. The number of hydrogen-bond donors (Lipinski definition) is 1. The lowest BCUT2D eigenvalue weighted by Gasteiger charge is -2.32. The maximum atomic E-state index is 12.1. The van der Waals surface area contributed by atoms with E-state index in [0.717, 1.165) is 43.1 Å². The van der Waals surface area contributed by atoms with Gasteiger partial charge in [0, 0.05) is 36.9 Å². The lowest BCUT2D eigenvalue weighted by molar-refractivity contribution is 0.0904. The van der Waals surface area contributed by atoms with Gasteiger partial charge in [-0.25, -0.2) is 0 Å². The molecule has 0 unspecified atom stereocenters. The van der Waals surface area contributed by atoms with E-state index in [1.807, 2.05) is 30.3 Å². The van der Waals surface area contributed by atoms with Crippen LogP contribution in [0, 0.1) is 0 Å². The summed E-state index contributed by atoms with van der Waals surface area (Å²) in [5, 5.41) is 3.89. The molecule has 1 aromatic carbocycles. The Morgan fingerprint density at radius 2 is 1.91 bits per heavy atom. The molecule has 0 spiro atoms. The van der Waals surface area contributed by atoms with Gasteiger partial charge in [0.05, 0.1) is 0 Å². The Morgan fingerprint density at radius 3 is 2.61 bits per heavy atom. The second-order valence-corrected chi connectivity index (χ2v) is 6.24. The average Bonchev–Trinajstić information content (AvgIpc) is 2.59. The number of halogens is 1. The van der Waals surface area contributed by atoms with E-state index < -0.39 is 0 Å². The van der Waals surface area contributed by atoms with E-state index in [2.05, 4.69) is 21.3 Å². The molecule has 1 N–H and O–H groups in total. The number of carbonyl (C=O) groups is 1. The van der Waals surface area contributed by atoms with Crippen LogP contribution in [0.4, 0.5) is 0 Å². The molecule has 120 valence electrons. The molecule has 3 rings (SSSR count). The molecule has 1 saturated heterocycles. The quantitative estimate of drug-likeness (QED) is 0.937. The molecule has 1 fully saturated rings. The largest absolute Gasteiger partial charge is 0.348 e. The summed E-state index contributed by atoms with van der Waals surface area (Å²) in [6, 6.07) is 13.5. The summed E-state index contributed by atoms with van der Waals surface area (Å²) in [6.07, 6.45) is 3.53. The average molecular weight is 330 g/mol. The summed E-state index contributed by atoms with van der Waals surface area (Å²) >= 11 is 6.22. The zero-order valence-electron chi connectivity index (χ0n) is 12.9. The zero-order valence-corrected chi connectivity index (χ0v) is 13.7. The van der Waals surface area contributed by atoms with Crippen molar-refractivity contribution in [1.82, 2.24) is 15.2 Å². The van der Waals surface area contributed by atoms with E-state index in [1.54, 1.807) is 12.3 Å². The van der Waals surface area contributed by atoms with Crippen molar-refractivity contribution in [3.05, 3.63) is 64.9 Å². The van der Waals surface area contributed by atoms with Gasteiger partial charge in [0.25, 0.3) is 5.91 Å². The van der Waals surface area contributed by atoms with Gasteiger partial charge in [-0.2, -0.15) is 0 Å². The van der Waals surface area contributed by atoms with Gasteiger partial charge in [-0.1, -0.05) is 35.9 Å². The van der Waals surface area contributed by atoms with Gasteiger partial charge in [0.15, 0.2) is 0 Å². The fraction of sp³-hybridized carbons (Fsp3) is 0.333. The Balaban J connectivity index is 1.49. The maximum Gasteiger partial charge on any atom is 0.270 e. The first-order valence-corrected chi connectivity index (χ1v) is 8.28. The zero-order chi connectivity index (χ0) is 16.1. The van der Waals surface area contributed by atoms with E-state index >= 15 is 0 Å². The molecule has 0 aliphatic carbocycles. The van der Waals surface area contributed by atoms with Crippen LogP contribution in [0.15, 0.2) is 48.7 Å². The van der Waals surface area contributed by atoms with Gasteiger partial charge < -0.3 is 5.32 Å². The highest BCUT2D eigenvalue weighted by Crippen LogP contribution is 2.19. The summed E-state index contributed by atoms with van der Waals surface area (Å²) in [4.78, 5) is 18.6. The smallest absolute Gasteiger partial charge is 0.270 e. The first-order chi connectivity index (χ1) is 11.2. The van der Waals surface area contributed by atoms with E-state index in [-0.39, 0.29) is 11.9 Å². The number of aromatic nitrogens is 1. The Labute approximate surface area is 141 Å². The van der Waals surface area contributed by atoms with Crippen LogP contribution < -0.4 is 5.32 Å². The van der Waals surface area contributed by atoms with Gasteiger partial charge in [-0.15, -0.1) is 0 Å². The summed E-state index contributed by atoms with van der Waals surface area (Å²) in [5.41, 5.74) is 1.64. The molecule has 1 amide bonds. The van der Waals surface area contributed by atoms with Gasteiger partial charge in [0.1, 0.15) is 5.69 Å². The molecule has 0 saturated carbocycles. The Hall–Kier alpha value is -1.91. The van der Waals surface area contributed by atoms with Gasteiger partial charge in [-0.05, 0) is 36.6 Å². The standard InChI is InChI=1S/C18H20ClN3O/c19-16-6-2-1-5-14(16)13-22-11-8-15(9-12-22)21-18(23)17-7-3-4-10-20-17/h1-7,10,15H,8-9,11-13H2,(H,21,23). The van der Waals surface area contributed by atoms with E-state index in [0.29, 0.717) is 5.69 Å². The first kappa shape index (κ1) is 16.0. The molecule has 2 heterocycles. The van der Waals surface area contributed by atoms with Gasteiger partial charge >= 0.3 is 0 Å². The molecule has 23 heavy (non-hydrogen) atoms. The maximum absolute atomic E-state index is 12.1. The SMILES string of the molecule is O=C(NC1CCN(Cc2ccccc2Cl)CC1)c1ccccn1. The number of amides is 1. The van der Waals surface area contributed by atoms with Gasteiger partial charge in [0.2, 0.25) is 0 Å². The molecule has 0 atom stereocenters. The monoisotopic (exact) mass is 329 g/mol. The van der Waals surface area contributed by atoms with Crippen LogP contribution in [0.3, 0.4) is 0 Å². The van der Waals surface area contributed by atoms with E-state index in [1.165, 1.54) is 0 Å². The third kappa shape index (κ3) is 4.30. The molecule has 1 aliphatic heterocycles. The second-order valence-electron chi connectivity index (χ2n) is 5.83. The number of nitrogens with one attached hydrogen (secondary N) is 1. The highest BCUT2D eigenvalue weighted by atomic mass is 35.5. The minimum Gasteiger partial charge on any atom is -0.348 e. The van der Waals surface area contributed by atoms with Crippen LogP contribution in [0.2, 0.25) is 5.02 Å². The third-order valence-electron chi connectivity index (χ3n) is 4.17. The van der Waals surface area contributed by atoms with Crippen LogP contribution in [0.1, 0.15) is 28.9 Å². The fourth-order valence-corrected chi connectivity index (χ4v) is 3.05. The molecule has 4 nitrogen and oxygen atoms in total. The molecule has 2 aromatic rings. The molecule has 1 aliphatic rings. The number of nitrogens with zero attached hydrogens (tertiary/aromatic N) is 2. The minimum absolute atomic E-state index is 0.0878. The summed E-state index contributed by atoms with van der Waals surface area (Å²) < 4.78 is 0. The van der Waals surface area contributed by atoms with Crippen molar-refractivity contribution < 1.29 is 4.79 Å². The number of pyridine rings is 1. The van der Waals surface area contributed by atoms with E-state index in [9.17, 15) is 4.79 Å². The van der Waals surface area contributed by atoms with Crippen molar-refractivity contribution in [1.29, 1.82) is 0 Å². The van der Waals surface area contributed by atoms with Crippen LogP contribution in [-0.2, 0) is 6.54 Å². The van der Waals surface area contributed by atoms with Crippen molar-refractivity contribution in [2.75, 3.05) is 13.1 Å². The third-order valence-corrected chi connectivity index (χ3v) is 4.54.